The number of carbonyl (C=O) groups excluding carboxylic acids is 1. The van der Waals surface area contributed by atoms with Crippen molar-refractivity contribution in [1.82, 2.24) is 29.6 Å². The maximum absolute atomic E-state index is 13.1. The van der Waals surface area contributed by atoms with Crippen molar-refractivity contribution in [3.8, 4) is 11.8 Å². The Morgan fingerprint density at radius 2 is 1.50 bits per heavy atom. The van der Waals surface area contributed by atoms with Crippen LogP contribution in [0.15, 0.2) is 60.7 Å². The second-order valence-corrected chi connectivity index (χ2v) is 12.9. The van der Waals surface area contributed by atoms with Crippen LogP contribution in [0.4, 0.5) is 4.79 Å². The number of piperazine rings is 2. The predicted molar refractivity (Wildman–Crippen MR) is 186 cm³/mol. The zero-order valence-electron chi connectivity index (χ0n) is 27.5. The SMILES string of the molecule is COc1nc(C2CC2)nc(OC(C)C)c1CN1C[C@@H]2CN(C(=O)N(C)C)CCN2[C@H](C(c2ccccc2)c2ccccc2)C1.Cl.Cl. The van der Waals surface area contributed by atoms with Crippen molar-refractivity contribution in [2.24, 2.45) is 0 Å². The monoisotopic (exact) mass is 670 g/mol. The summed E-state index contributed by atoms with van der Waals surface area (Å²) in [6.07, 6.45) is 2.20. The number of halogens is 2. The van der Waals surface area contributed by atoms with Gasteiger partial charge in [0.05, 0.1) is 18.8 Å². The van der Waals surface area contributed by atoms with Gasteiger partial charge in [0.25, 0.3) is 0 Å². The smallest absolute Gasteiger partial charge is 0.319 e. The van der Waals surface area contributed by atoms with Gasteiger partial charge in [0, 0.05) is 77.3 Å². The third-order valence-electron chi connectivity index (χ3n) is 9.04. The molecule has 0 unspecified atom stereocenters. The minimum atomic E-state index is -0.0190. The fraction of sp³-hybridized carbons (Fsp3) is 0.514. The third-order valence-corrected chi connectivity index (χ3v) is 9.04. The summed E-state index contributed by atoms with van der Waals surface area (Å²) in [5, 5.41) is 0. The molecule has 1 aliphatic carbocycles. The minimum Gasteiger partial charge on any atom is -0.481 e. The van der Waals surface area contributed by atoms with E-state index < -0.39 is 0 Å². The summed E-state index contributed by atoms with van der Waals surface area (Å²) in [7, 11) is 5.35. The molecule has 2 aliphatic heterocycles. The van der Waals surface area contributed by atoms with Crippen LogP contribution in [0.3, 0.4) is 0 Å². The molecule has 2 aromatic carbocycles. The van der Waals surface area contributed by atoms with Crippen LogP contribution in [0.2, 0.25) is 0 Å². The summed E-state index contributed by atoms with van der Waals surface area (Å²) in [6, 6.07) is 22.1. The van der Waals surface area contributed by atoms with Crippen molar-refractivity contribution in [1.29, 1.82) is 0 Å². The van der Waals surface area contributed by atoms with Gasteiger partial charge in [0.2, 0.25) is 11.8 Å². The van der Waals surface area contributed by atoms with E-state index in [-0.39, 0.29) is 55.0 Å². The van der Waals surface area contributed by atoms with Crippen LogP contribution < -0.4 is 9.47 Å². The standard InChI is InChI=1S/C35H46N6O3.2ClH/c1-24(2)44-34-29(33(43-5)36-32(37-34)27-16-17-27)22-39-20-28-21-40(35(42)38(3)4)18-19-41(28)30(23-39)31(25-12-8-6-9-13-25)26-14-10-7-11-15-26;;/h6-15,24,27-28,30-31H,16-23H2,1-5H3;2*1H/t28-,30+;;/m1../s1. The molecular weight excluding hydrogens is 623 g/mol. The van der Waals surface area contributed by atoms with Crippen molar-refractivity contribution < 1.29 is 14.3 Å². The molecule has 46 heavy (non-hydrogen) atoms. The van der Waals surface area contributed by atoms with Crippen LogP contribution >= 0.6 is 24.8 Å². The summed E-state index contributed by atoms with van der Waals surface area (Å²) in [6.45, 7) is 8.58. The van der Waals surface area contributed by atoms with E-state index >= 15 is 0 Å². The highest BCUT2D eigenvalue weighted by Gasteiger charge is 2.43. The molecule has 0 N–H and O–H groups in total. The Morgan fingerprint density at radius 1 is 0.891 bits per heavy atom. The van der Waals surface area contributed by atoms with Crippen molar-refractivity contribution in [3.63, 3.8) is 0 Å². The maximum Gasteiger partial charge on any atom is 0.319 e. The molecule has 11 heteroatoms. The highest BCUT2D eigenvalue weighted by atomic mass is 35.5. The van der Waals surface area contributed by atoms with E-state index in [0.717, 1.165) is 50.4 Å². The lowest BCUT2D eigenvalue weighted by atomic mass is 9.81. The largest absolute Gasteiger partial charge is 0.481 e. The van der Waals surface area contributed by atoms with E-state index in [9.17, 15) is 4.79 Å². The van der Waals surface area contributed by atoms with Gasteiger partial charge in [-0.15, -0.1) is 24.8 Å². The van der Waals surface area contributed by atoms with Gasteiger partial charge in [-0.1, -0.05) is 60.7 Å². The summed E-state index contributed by atoms with van der Waals surface area (Å²) in [5.41, 5.74) is 3.50. The summed E-state index contributed by atoms with van der Waals surface area (Å²) >= 11 is 0. The Bertz CT molecular complexity index is 1390. The Hall–Kier alpha value is -3.11. The topological polar surface area (TPSA) is 74.3 Å². The van der Waals surface area contributed by atoms with Gasteiger partial charge in [-0.3, -0.25) is 9.80 Å². The number of hydrogen-bond acceptors (Lipinski definition) is 7. The van der Waals surface area contributed by atoms with Crippen LogP contribution in [0.5, 0.6) is 11.8 Å². The molecule has 3 aliphatic rings. The molecule has 3 heterocycles. The molecule has 9 nitrogen and oxygen atoms in total. The Balaban J connectivity index is 0.00000240. The summed E-state index contributed by atoms with van der Waals surface area (Å²) in [4.78, 5) is 31.7. The number of carbonyl (C=O) groups is 1. The number of methoxy groups -OCH3 is 1. The highest BCUT2D eigenvalue weighted by molar-refractivity contribution is 5.85. The minimum absolute atomic E-state index is 0. The number of fused-ring (bicyclic) bond motifs is 1. The van der Waals surface area contributed by atoms with E-state index in [1.807, 2.05) is 32.8 Å². The van der Waals surface area contributed by atoms with Crippen LogP contribution in [-0.4, -0.2) is 108 Å². The van der Waals surface area contributed by atoms with E-state index in [2.05, 4.69) is 70.5 Å². The first-order valence-corrected chi connectivity index (χ1v) is 16.0. The number of ether oxygens (including phenoxy) is 2. The van der Waals surface area contributed by atoms with E-state index in [4.69, 9.17) is 19.4 Å². The normalized spacial score (nSPS) is 20.0. The molecule has 0 radical (unpaired) electrons. The zero-order chi connectivity index (χ0) is 30.8. The summed E-state index contributed by atoms with van der Waals surface area (Å²) in [5.74, 6) is 2.61. The number of urea groups is 1. The Labute approximate surface area is 286 Å². The second kappa shape index (κ2) is 15.7. The quantitative estimate of drug-likeness (QED) is 0.290. The lowest BCUT2D eigenvalue weighted by molar-refractivity contribution is -0.0271. The van der Waals surface area contributed by atoms with Crippen molar-refractivity contribution in [2.75, 3.05) is 53.9 Å². The first-order chi connectivity index (χ1) is 21.3. The van der Waals surface area contributed by atoms with Crippen molar-refractivity contribution in [3.05, 3.63) is 83.2 Å². The van der Waals surface area contributed by atoms with E-state index in [1.54, 1.807) is 12.0 Å². The molecule has 250 valence electrons. The lowest BCUT2D eigenvalue weighted by Crippen LogP contribution is -2.67. The first kappa shape index (κ1) is 35.7. The van der Waals surface area contributed by atoms with Crippen LogP contribution in [0, 0.1) is 0 Å². The van der Waals surface area contributed by atoms with Gasteiger partial charge in [-0.25, -0.2) is 4.79 Å². The molecule has 2 saturated heterocycles. The van der Waals surface area contributed by atoms with E-state index in [1.165, 1.54) is 11.1 Å². The zero-order valence-corrected chi connectivity index (χ0v) is 29.2. The maximum atomic E-state index is 13.1. The second-order valence-electron chi connectivity index (χ2n) is 12.9. The van der Waals surface area contributed by atoms with Crippen molar-refractivity contribution >= 4 is 30.8 Å². The molecule has 2 amide bonds. The average Bonchev–Trinajstić information content (AvgIpc) is 3.88. The molecule has 1 aromatic heterocycles. The molecule has 2 atom stereocenters. The number of benzene rings is 2. The van der Waals surface area contributed by atoms with Gasteiger partial charge in [-0.05, 0) is 37.8 Å². The number of amides is 2. The Morgan fingerprint density at radius 3 is 2.04 bits per heavy atom. The van der Waals surface area contributed by atoms with Gasteiger partial charge in [-0.2, -0.15) is 9.97 Å². The molecule has 0 bridgehead atoms. The predicted octanol–water partition coefficient (Wildman–Crippen LogP) is 5.68. The van der Waals surface area contributed by atoms with Gasteiger partial charge >= 0.3 is 6.03 Å². The molecule has 1 saturated carbocycles. The van der Waals surface area contributed by atoms with E-state index in [0.29, 0.717) is 30.8 Å². The molecular formula is C35H48Cl2N6O3. The number of aromatic nitrogens is 2. The Kier molecular flexibility index (Phi) is 12.2. The number of hydrogen-bond donors (Lipinski definition) is 0. The average molecular weight is 672 g/mol. The fourth-order valence-electron chi connectivity index (χ4n) is 6.88. The molecule has 6 rings (SSSR count). The first-order valence-electron chi connectivity index (χ1n) is 16.0. The highest BCUT2D eigenvalue weighted by Crippen LogP contribution is 2.42. The number of rotatable bonds is 9. The lowest BCUT2D eigenvalue weighted by Gasteiger charge is -2.53. The molecule has 3 fully saturated rings. The number of nitrogens with zero attached hydrogens (tertiary/aromatic N) is 6. The van der Waals surface area contributed by atoms with Crippen LogP contribution in [-0.2, 0) is 6.54 Å². The third kappa shape index (κ3) is 7.88. The van der Waals surface area contributed by atoms with Gasteiger partial charge in [0.1, 0.15) is 5.82 Å². The van der Waals surface area contributed by atoms with Crippen molar-refractivity contribution in [2.45, 2.75) is 63.3 Å². The van der Waals surface area contributed by atoms with Crippen LogP contribution in [0.1, 0.15) is 61.0 Å². The molecule has 0 spiro atoms. The van der Waals surface area contributed by atoms with Gasteiger partial charge in [0.15, 0.2) is 0 Å². The summed E-state index contributed by atoms with van der Waals surface area (Å²) < 4.78 is 12.2. The molecule has 3 aromatic rings. The van der Waals surface area contributed by atoms with Crippen LogP contribution in [0.25, 0.3) is 0 Å². The van der Waals surface area contributed by atoms with Gasteiger partial charge < -0.3 is 19.3 Å². The fourth-order valence-corrected chi connectivity index (χ4v) is 6.88.